The van der Waals surface area contributed by atoms with Gasteiger partial charge in [-0.1, -0.05) is 24.3 Å². The lowest BCUT2D eigenvalue weighted by Crippen LogP contribution is -2.00. The first-order valence-corrected chi connectivity index (χ1v) is 7.28. The van der Waals surface area contributed by atoms with Crippen molar-refractivity contribution in [2.45, 2.75) is 0 Å². The molecule has 0 atom stereocenters. The number of aromatic hydroxyl groups is 1. The van der Waals surface area contributed by atoms with Gasteiger partial charge in [0.25, 0.3) is 0 Å². The molecule has 2 aromatic rings. The molecular formula is C17H15BrO4. The molecule has 4 nitrogen and oxygen atoms in total. The lowest BCUT2D eigenvalue weighted by Gasteiger charge is -2.07. The molecule has 0 aliphatic carbocycles. The topological polar surface area (TPSA) is 55.8 Å². The van der Waals surface area contributed by atoms with E-state index in [4.69, 9.17) is 4.74 Å². The molecule has 1 N–H and O–H groups in total. The van der Waals surface area contributed by atoms with Crippen molar-refractivity contribution in [3.63, 3.8) is 0 Å². The van der Waals surface area contributed by atoms with Crippen LogP contribution in [0.25, 0.3) is 12.2 Å². The van der Waals surface area contributed by atoms with Crippen molar-refractivity contribution in [2.75, 3.05) is 14.2 Å². The van der Waals surface area contributed by atoms with Gasteiger partial charge >= 0.3 is 5.97 Å². The van der Waals surface area contributed by atoms with E-state index in [9.17, 15) is 9.90 Å². The van der Waals surface area contributed by atoms with E-state index in [-0.39, 0.29) is 11.7 Å². The molecular weight excluding hydrogens is 348 g/mol. The summed E-state index contributed by atoms with van der Waals surface area (Å²) < 4.78 is 10.3. The van der Waals surface area contributed by atoms with Gasteiger partial charge in [-0.15, -0.1) is 0 Å². The van der Waals surface area contributed by atoms with Crippen molar-refractivity contribution < 1.29 is 19.4 Å². The van der Waals surface area contributed by atoms with Crippen molar-refractivity contribution in [3.05, 3.63) is 57.6 Å². The Bertz CT molecular complexity index is 705. The molecule has 2 rings (SSSR count). The van der Waals surface area contributed by atoms with Crippen LogP contribution in [0.2, 0.25) is 0 Å². The number of carbonyl (C=O) groups is 1. The second-order valence-corrected chi connectivity index (χ2v) is 5.26. The third kappa shape index (κ3) is 3.49. The van der Waals surface area contributed by atoms with Gasteiger partial charge < -0.3 is 14.6 Å². The Labute approximate surface area is 137 Å². The highest BCUT2D eigenvalue weighted by molar-refractivity contribution is 9.10. The van der Waals surface area contributed by atoms with E-state index in [2.05, 4.69) is 20.7 Å². The molecule has 22 heavy (non-hydrogen) atoms. The fraction of sp³-hybridized carbons (Fsp3) is 0.118. The maximum absolute atomic E-state index is 11.4. The third-order valence-corrected chi connectivity index (χ3v) is 3.95. The molecule has 0 saturated heterocycles. The van der Waals surface area contributed by atoms with E-state index in [0.29, 0.717) is 15.8 Å². The van der Waals surface area contributed by atoms with E-state index in [1.54, 1.807) is 18.2 Å². The molecule has 0 heterocycles. The number of phenolic OH excluding ortho intramolecular Hbond substituents is 1. The zero-order chi connectivity index (χ0) is 16.1. The number of halogens is 1. The van der Waals surface area contributed by atoms with E-state index in [0.717, 1.165) is 11.1 Å². The summed E-state index contributed by atoms with van der Waals surface area (Å²) >= 11 is 3.34. The van der Waals surface area contributed by atoms with Crippen LogP contribution in [0.1, 0.15) is 21.5 Å². The van der Waals surface area contributed by atoms with Crippen LogP contribution >= 0.6 is 15.9 Å². The molecule has 114 valence electrons. The predicted octanol–water partition coefficient (Wildman–Crippen LogP) is 4.12. The predicted molar refractivity (Wildman–Crippen MR) is 89.1 cm³/mol. The number of rotatable bonds is 4. The number of ether oxygens (including phenoxy) is 2. The molecule has 0 saturated carbocycles. The summed E-state index contributed by atoms with van der Waals surface area (Å²) in [6.45, 7) is 0. The standard InChI is InChI=1S/C17H15BrO4/c1-21-14-10-9-12(15(18)16(14)19)6-3-11-4-7-13(8-5-11)17(20)22-2/h3-10,19H,1-2H3. The van der Waals surface area contributed by atoms with Crippen LogP contribution in [0.4, 0.5) is 0 Å². The second-order valence-electron chi connectivity index (χ2n) is 4.47. The number of hydrogen-bond donors (Lipinski definition) is 1. The van der Waals surface area contributed by atoms with Gasteiger partial charge in [-0.2, -0.15) is 0 Å². The number of carbonyl (C=O) groups excluding carboxylic acids is 1. The van der Waals surface area contributed by atoms with Crippen LogP contribution in [-0.4, -0.2) is 25.3 Å². The molecule has 2 aromatic carbocycles. The number of hydrogen-bond acceptors (Lipinski definition) is 4. The normalized spacial score (nSPS) is 10.7. The summed E-state index contributed by atoms with van der Waals surface area (Å²) in [4.78, 5) is 11.4. The van der Waals surface area contributed by atoms with Gasteiger partial charge in [0.2, 0.25) is 0 Å². The largest absolute Gasteiger partial charge is 0.503 e. The van der Waals surface area contributed by atoms with Crippen LogP contribution in [0, 0.1) is 0 Å². The number of phenols is 1. The fourth-order valence-corrected chi connectivity index (χ4v) is 2.35. The number of esters is 1. The monoisotopic (exact) mass is 362 g/mol. The molecule has 0 aliphatic heterocycles. The Hall–Kier alpha value is -2.27. The molecule has 0 unspecified atom stereocenters. The molecule has 0 aliphatic rings. The summed E-state index contributed by atoms with van der Waals surface area (Å²) in [5, 5.41) is 9.94. The summed E-state index contributed by atoms with van der Waals surface area (Å²) in [7, 11) is 2.85. The maximum atomic E-state index is 11.4. The maximum Gasteiger partial charge on any atom is 0.337 e. The quantitative estimate of drug-likeness (QED) is 0.656. The lowest BCUT2D eigenvalue weighted by molar-refractivity contribution is 0.0600. The SMILES string of the molecule is COC(=O)c1ccc(C=Cc2ccc(OC)c(O)c2Br)cc1. The molecule has 0 bridgehead atoms. The third-order valence-electron chi connectivity index (χ3n) is 3.12. The van der Waals surface area contributed by atoms with Crippen LogP contribution in [0.5, 0.6) is 11.5 Å². The lowest BCUT2D eigenvalue weighted by atomic mass is 10.1. The molecule has 0 amide bonds. The molecule has 0 spiro atoms. The number of benzene rings is 2. The van der Waals surface area contributed by atoms with Gasteiger partial charge in [-0.3, -0.25) is 0 Å². The van der Waals surface area contributed by atoms with Crippen molar-refractivity contribution in [1.82, 2.24) is 0 Å². The molecule has 0 radical (unpaired) electrons. The average molecular weight is 363 g/mol. The Morgan fingerprint density at radius 1 is 1.09 bits per heavy atom. The van der Waals surface area contributed by atoms with Crippen LogP contribution in [0.3, 0.4) is 0 Å². The highest BCUT2D eigenvalue weighted by atomic mass is 79.9. The van der Waals surface area contributed by atoms with Crippen LogP contribution in [0.15, 0.2) is 40.9 Å². The summed E-state index contributed by atoms with van der Waals surface area (Å²) in [6.07, 6.45) is 3.74. The van der Waals surface area contributed by atoms with Gasteiger partial charge in [0, 0.05) is 0 Å². The fourth-order valence-electron chi connectivity index (χ4n) is 1.89. The second kappa shape index (κ2) is 7.13. The first kappa shape index (κ1) is 16.1. The van der Waals surface area contributed by atoms with Crippen LogP contribution < -0.4 is 4.74 Å². The Morgan fingerprint density at radius 2 is 1.77 bits per heavy atom. The minimum absolute atomic E-state index is 0.0608. The van der Waals surface area contributed by atoms with Gasteiger partial charge in [-0.25, -0.2) is 4.79 Å². The zero-order valence-corrected chi connectivity index (χ0v) is 13.8. The van der Waals surface area contributed by atoms with E-state index < -0.39 is 0 Å². The van der Waals surface area contributed by atoms with Crippen LogP contribution in [-0.2, 0) is 4.74 Å². The summed E-state index contributed by atoms with van der Waals surface area (Å²) in [5.74, 6) is 0.107. The Balaban J connectivity index is 2.22. The Morgan fingerprint density at radius 3 is 2.36 bits per heavy atom. The van der Waals surface area contributed by atoms with Gasteiger partial charge in [0.05, 0.1) is 24.3 Å². The molecule has 0 aromatic heterocycles. The van der Waals surface area contributed by atoms with E-state index in [1.165, 1.54) is 14.2 Å². The minimum Gasteiger partial charge on any atom is -0.503 e. The van der Waals surface area contributed by atoms with Crippen molar-refractivity contribution in [3.8, 4) is 11.5 Å². The summed E-state index contributed by atoms with van der Waals surface area (Å²) in [6, 6.07) is 10.6. The van der Waals surface area contributed by atoms with Gasteiger partial charge in [0.1, 0.15) is 0 Å². The van der Waals surface area contributed by atoms with Gasteiger partial charge in [-0.05, 0) is 51.3 Å². The highest BCUT2D eigenvalue weighted by Crippen LogP contribution is 2.37. The van der Waals surface area contributed by atoms with E-state index >= 15 is 0 Å². The van der Waals surface area contributed by atoms with Gasteiger partial charge in [0.15, 0.2) is 11.5 Å². The zero-order valence-electron chi connectivity index (χ0n) is 12.2. The van der Waals surface area contributed by atoms with Crippen molar-refractivity contribution in [1.29, 1.82) is 0 Å². The van der Waals surface area contributed by atoms with Crippen molar-refractivity contribution in [2.24, 2.45) is 0 Å². The number of methoxy groups -OCH3 is 2. The minimum atomic E-state index is -0.363. The summed E-state index contributed by atoms with van der Waals surface area (Å²) in [5.41, 5.74) is 2.24. The average Bonchev–Trinajstić information content (AvgIpc) is 2.56. The van der Waals surface area contributed by atoms with E-state index in [1.807, 2.05) is 30.4 Å². The smallest absolute Gasteiger partial charge is 0.337 e. The Kier molecular flexibility index (Phi) is 5.22. The highest BCUT2D eigenvalue weighted by Gasteiger charge is 2.09. The molecule has 0 fully saturated rings. The van der Waals surface area contributed by atoms with Crippen molar-refractivity contribution >= 4 is 34.1 Å². The first-order valence-electron chi connectivity index (χ1n) is 6.48. The molecule has 5 heteroatoms. The first-order chi connectivity index (χ1) is 10.6.